The van der Waals surface area contributed by atoms with E-state index in [1.54, 1.807) is 0 Å². The highest BCUT2D eigenvalue weighted by Gasteiger charge is 2.21. The number of ketones is 1. The third kappa shape index (κ3) is 2.60. The number of rotatable bonds is 2. The number of benzene rings is 1. The van der Waals surface area contributed by atoms with Crippen LogP contribution in [0.3, 0.4) is 0 Å². The van der Waals surface area contributed by atoms with Crippen molar-refractivity contribution in [3.8, 4) is 0 Å². The summed E-state index contributed by atoms with van der Waals surface area (Å²) in [7, 11) is 0. The van der Waals surface area contributed by atoms with Crippen LogP contribution >= 0.6 is 12.2 Å². The maximum atomic E-state index is 12.7. The van der Waals surface area contributed by atoms with Crippen LogP contribution in [-0.4, -0.2) is 28.6 Å². The Morgan fingerprint density at radius 3 is 2.67 bits per heavy atom. The fraction of sp³-hybridized carbons (Fsp3) is 0.0833. The predicted octanol–water partition coefficient (Wildman–Crippen LogP) is 2.03. The fourth-order valence-corrected chi connectivity index (χ4v) is 1.81. The lowest BCUT2D eigenvalue weighted by Gasteiger charge is -2.13. The van der Waals surface area contributed by atoms with Crippen molar-refractivity contribution in [2.75, 3.05) is 11.9 Å². The molecule has 92 valence electrons. The molecule has 1 heterocycles. The molecular formula is C12H9FN2O2S. The average molecular weight is 264 g/mol. The third-order valence-corrected chi connectivity index (χ3v) is 2.62. The summed E-state index contributed by atoms with van der Waals surface area (Å²) in [6, 6.07) is 5.51. The van der Waals surface area contributed by atoms with Crippen molar-refractivity contribution in [1.29, 1.82) is 0 Å². The Hall–Kier alpha value is -2.08. The summed E-state index contributed by atoms with van der Waals surface area (Å²) in [6.45, 7) is 0.0340. The van der Waals surface area contributed by atoms with Crippen molar-refractivity contribution in [2.45, 2.75) is 0 Å². The molecule has 0 aliphatic carbocycles. The highest BCUT2D eigenvalue weighted by Crippen LogP contribution is 2.14. The van der Waals surface area contributed by atoms with Crippen LogP contribution in [0.2, 0.25) is 0 Å². The van der Waals surface area contributed by atoms with E-state index in [4.69, 9.17) is 12.2 Å². The van der Waals surface area contributed by atoms with Crippen LogP contribution in [0, 0.1) is 5.82 Å². The Morgan fingerprint density at radius 2 is 2.06 bits per heavy atom. The van der Waals surface area contributed by atoms with Crippen molar-refractivity contribution in [2.24, 2.45) is 4.99 Å². The number of aliphatic hydroxyl groups is 1. The van der Waals surface area contributed by atoms with E-state index in [2.05, 4.69) is 10.3 Å². The summed E-state index contributed by atoms with van der Waals surface area (Å²) in [5.74, 6) is -0.977. The van der Waals surface area contributed by atoms with Gasteiger partial charge in [0.25, 0.3) is 0 Å². The zero-order valence-electron chi connectivity index (χ0n) is 9.18. The molecule has 0 fully saturated rings. The second kappa shape index (κ2) is 5.05. The first kappa shape index (κ1) is 12.4. The Morgan fingerprint density at radius 1 is 1.39 bits per heavy atom. The first-order valence-electron chi connectivity index (χ1n) is 5.11. The van der Waals surface area contributed by atoms with Gasteiger partial charge in [-0.25, -0.2) is 4.39 Å². The number of carbonyl (C=O) groups is 1. The number of hydrogen-bond donors (Lipinski definition) is 2. The topological polar surface area (TPSA) is 61.7 Å². The maximum absolute atomic E-state index is 12.7. The Labute approximate surface area is 108 Å². The van der Waals surface area contributed by atoms with Gasteiger partial charge >= 0.3 is 0 Å². The van der Waals surface area contributed by atoms with E-state index >= 15 is 0 Å². The standard InChI is InChI=1S/C12H9FN2O2S/c13-7-1-3-8(4-2-7)15-12(18)11-9(16)5-14-6-10(11)17/h1-5,17H,6H2,(H,15,18). The molecule has 2 N–H and O–H groups in total. The van der Waals surface area contributed by atoms with Gasteiger partial charge in [0, 0.05) is 5.69 Å². The predicted molar refractivity (Wildman–Crippen MR) is 70.6 cm³/mol. The van der Waals surface area contributed by atoms with E-state index in [-0.39, 0.29) is 28.7 Å². The van der Waals surface area contributed by atoms with Crippen LogP contribution in [0.1, 0.15) is 0 Å². The summed E-state index contributed by atoms with van der Waals surface area (Å²) in [6.07, 6.45) is 1.12. The number of thiocarbonyl (C=S) groups is 1. The molecule has 0 spiro atoms. The van der Waals surface area contributed by atoms with Gasteiger partial charge in [-0.15, -0.1) is 0 Å². The molecule has 0 saturated carbocycles. The molecular weight excluding hydrogens is 255 g/mol. The molecule has 1 aromatic rings. The van der Waals surface area contributed by atoms with E-state index in [1.165, 1.54) is 24.3 Å². The van der Waals surface area contributed by atoms with Crippen LogP contribution < -0.4 is 5.32 Å². The molecule has 0 saturated heterocycles. The molecule has 0 amide bonds. The first-order valence-corrected chi connectivity index (χ1v) is 5.52. The summed E-state index contributed by atoms with van der Waals surface area (Å²) in [4.78, 5) is 15.3. The quantitative estimate of drug-likeness (QED) is 0.802. The lowest BCUT2D eigenvalue weighted by Crippen LogP contribution is -2.24. The number of anilines is 1. The van der Waals surface area contributed by atoms with Gasteiger partial charge < -0.3 is 10.4 Å². The molecule has 1 aliphatic heterocycles. The van der Waals surface area contributed by atoms with Crippen molar-refractivity contribution < 1.29 is 14.3 Å². The molecule has 2 rings (SSSR count). The highest BCUT2D eigenvalue weighted by atomic mass is 32.1. The van der Waals surface area contributed by atoms with Crippen molar-refractivity contribution in [1.82, 2.24) is 0 Å². The Bertz CT molecular complexity index is 564. The van der Waals surface area contributed by atoms with Gasteiger partial charge in [-0.1, -0.05) is 12.2 Å². The van der Waals surface area contributed by atoms with Crippen molar-refractivity contribution in [3.05, 3.63) is 41.4 Å². The normalized spacial score (nSPS) is 14.8. The summed E-state index contributed by atoms with van der Waals surface area (Å²) in [5.41, 5.74) is 0.571. The van der Waals surface area contributed by atoms with Gasteiger partial charge in [-0.2, -0.15) is 0 Å². The molecule has 6 heteroatoms. The van der Waals surface area contributed by atoms with Crippen LogP contribution in [-0.2, 0) is 4.79 Å². The largest absolute Gasteiger partial charge is 0.509 e. The summed E-state index contributed by atoms with van der Waals surface area (Å²) < 4.78 is 12.7. The molecule has 4 nitrogen and oxygen atoms in total. The number of Topliss-reactive ketones (excluding diaryl/α,β-unsaturated/α-hetero) is 1. The number of hydrogen-bond acceptors (Lipinski definition) is 4. The van der Waals surface area contributed by atoms with Crippen LogP contribution in [0.4, 0.5) is 10.1 Å². The number of aliphatic imine (C=N–C) groups is 1. The number of dihydropyridines is 1. The zero-order valence-corrected chi connectivity index (χ0v) is 10.00. The second-order valence-corrected chi connectivity index (χ2v) is 4.02. The molecule has 0 unspecified atom stereocenters. The number of nitrogens with one attached hydrogen (secondary N) is 1. The number of aliphatic hydroxyl groups excluding tert-OH is 1. The molecule has 0 bridgehead atoms. The van der Waals surface area contributed by atoms with E-state index in [0.29, 0.717) is 5.69 Å². The Kier molecular flexibility index (Phi) is 3.47. The van der Waals surface area contributed by atoms with Gasteiger partial charge in [0.15, 0.2) is 0 Å². The Balaban J connectivity index is 2.17. The van der Waals surface area contributed by atoms with E-state index in [1.807, 2.05) is 0 Å². The minimum Gasteiger partial charge on any atom is -0.509 e. The van der Waals surface area contributed by atoms with Gasteiger partial charge in [-0.05, 0) is 24.3 Å². The molecule has 1 aromatic carbocycles. The SMILES string of the molecule is O=C1C=NCC(O)=C1C(=S)Nc1ccc(F)cc1. The smallest absolute Gasteiger partial charge is 0.210 e. The summed E-state index contributed by atoms with van der Waals surface area (Å²) in [5, 5.41) is 12.4. The van der Waals surface area contributed by atoms with Crippen LogP contribution in [0.15, 0.2) is 40.6 Å². The van der Waals surface area contributed by atoms with E-state index in [9.17, 15) is 14.3 Å². The zero-order chi connectivity index (χ0) is 13.1. The van der Waals surface area contributed by atoms with Gasteiger partial charge in [0.05, 0.1) is 18.3 Å². The molecule has 1 aliphatic rings. The lowest BCUT2D eigenvalue weighted by molar-refractivity contribution is -0.109. The van der Waals surface area contributed by atoms with Crippen molar-refractivity contribution in [3.63, 3.8) is 0 Å². The minimum atomic E-state index is -0.446. The minimum absolute atomic E-state index is 0.0318. The first-order chi connectivity index (χ1) is 8.58. The van der Waals surface area contributed by atoms with Gasteiger partial charge in [0.2, 0.25) is 5.78 Å². The fourth-order valence-electron chi connectivity index (χ4n) is 1.47. The number of nitrogens with zero attached hydrogens (tertiary/aromatic N) is 1. The molecule has 0 aromatic heterocycles. The lowest BCUT2D eigenvalue weighted by atomic mass is 10.1. The van der Waals surface area contributed by atoms with Crippen molar-refractivity contribution >= 4 is 34.9 Å². The average Bonchev–Trinajstić information content (AvgIpc) is 2.32. The number of carbonyl (C=O) groups excluding carboxylic acids is 1. The number of halogens is 1. The van der Waals surface area contributed by atoms with Gasteiger partial charge in [0.1, 0.15) is 16.6 Å². The molecule has 0 atom stereocenters. The van der Waals surface area contributed by atoms with Crippen LogP contribution in [0.25, 0.3) is 0 Å². The second-order valence-electron chi connectivity index (χ2n) is 3.62. The highest BCUT2D eigenvalue weighted by molar-refractivity contribution is 7.81. The molecule has 0 radical (unpaired) electrons. The molecule has 18 heavy (non-hydrogen) atoms. The monoisotopic (exact) mass is 264 g/mol. The van der Waals surface area contributed by atoms with Gasteiger partial charge in [-0.3, -0.25) is 9.79 Å². The van der Waals surface area contributed by atoms with Crippen LogP contribution in [0.5, 0.6) is 0 Å². The van der Waals surface area contributed by atoms with E-state index in [0.717, 1.165) is 6.21 Å². The third-order valence-electron chi connectivity index (χ3n) is 2.31. The summed E-state index contributed by atoms with van der Waals surface area (Å²) >= 11 is 5.04. The maximum Gasteiger partial charge on any atom is 0.210 e. The van der Waals surface area contributed by atoms with E-state index < -0.39 is 5.78 Å².